The molecule has 1 heterocycles. The van der Waals surface area contributed by atoms with Crippen LogP contribution in [-0.2, 0) is 4.79 Å². The van der Waals surface area contributed by atoms with Gasteiger partial charge in [0.15, 0.2) is 12.1 Å². The van der Waals surface area contributed by atoms with Crippen molar-refractivity contribution in [2.24, 2.45) is 0 Å². The highest BCUT2D eigenvalue weighted by atomic mass is 35.5. The average Bonchev–Trinajstić information content (AvgIpc) is 2.79. The Morgan fingerprint density at radius 2 is 1.93 bits per heavy atom. The van der Waals surface area contributed by atoms with Crippen LogP contribution in [-0.4, -0.2) is 29.9 Å². The monoisotopic (exact) mass is 460 g/mol. The van der Waals surface area contributed by atoms with Gasteiger partial charge in [-0.25, -0.2) is 4.98 Å². The third-order valence-electron chi connectivity index (χ3n) is 3.95. The van der Waals surface area contributed by atoms with Gasteiger partial charge in [0.05, 0.1) is 11.2 Å². The van der Waals surface area contributed by atoms with Gasteiger partial charge in [0, 0.05) is 41.7 Å². The number of aldehydes is 1. The first-order valence-corrected chi connectivity index (χ1v) is 10.4. The van der Waals surface area contributed by atoms with Crippen molar-refractivity contribution in [2.45, 2.75) is 4.90 Å². The number of aromatic nitrogens is 2. The molecule has 154 valence electrons. The maximum atomic E-state index is 10.6. The number of halogens is 2. The number of nitrogens with zero attached hydrogens (tertiary/aromatic N) is 2. The number of carbonyl (C=O) groups excluding carboxylic acids is 1. The zero-order valence-corrected chi connectivity index (χ0v) is 18.3. The Morgan fingerprint density at radius 1 is 1.13 bits per heavy atom. The zero-order chi connectivity index (χ0) is 21.3. The number of carbonyl (C=O) groups is 1. The molecular weight excluding hydrogens is 443 g/mol. The smallest absolute Gasteiger partial charge is 0.157 e. The van der Waals surface area contributed by atoms with E-state index in [1.807, 2.05) is 36.4 Å². The Balaban J connectivity index is 1.73. The Hall–Kier alpha value is -2.74. The molecule has 0 bridgehead atoms. The predicted octanol–water partition coefficient (Wildman–Crippen LogP) is 5.69. The van der Waals surface area contributed by atoms with E-state index in [2.05, 4.69) is 20.0 Å². The third kappa shape index (κ3) is 5.66. The number of rotatable bonds is 9. The van der Waals surface area contributed by atoms with Crippen LogP contribution in [0.1, 0.15) is 11.1 Å². The molecule has 0 aliphatic rings. The van der Waals surface area contributed by atoms with Crippen LogP contribution < -0.4 is 14.8 Å². The molecule has 2 aromatic carbocycles. The highest BCUT2D eigenvalue weighted by Crippen LogP contribution is 2.40. The summed E-state index contributed by atoms with van der Waals surface area (Å²) in [6.45, 7) is -0.0928. The Labute approximate surface area is 188 Å². The largest absolute Gasteiger partial charge is 0.484 e. The van der Waals surface area contributed by atoms with Gasteiger partial charge in [-0.1, -0.05) is 47.5 Å². The minimum Gasteiger partial charge on any atom is -0.484 e. The maximum absolute atomic E-state index is 10.6. The van der Waals surface area contributed by atoms with E-state index >= 15 is 0 Å². The van der Waals surface area contributed by atoms with Crippen LogP contribution >= 0.6 is 35.1 Å². The van der Waals surface area contributed by atoms with Gasteiger partial charge in [0.2, 0.25) is 0 Å². The van der Waals surface area contributed by atoms with E-state index in [0.717, 1.165) is 21.7 Å². The number of hydrogen-bond donors (Lipinski definition) is 2. The highest BCUT2D eigenvalue weighted by Gasteiger charge is 2.14. The standard InChI is InChI=1S/C21H18Cl2N4O2S/c1-24-17-12-18(29-11-10-28)21(23)20(22)16(17)7-4-14-2-5-15(6-3-14)30-27-19-13-25-8-9-26-19/h2-10,12-13,24H,11H2,1H3,(H,26,27)/b7-4+. The number of hydrogen-bond acceptors (Lipinski definition) is 7. The van der Waals surface area contributed by atoms with Crippen molar-refractivity contribution < 1.29 is 9.53 Å². The van der Waals surface area contributed by atoms with Gasteiger partial charge in [0.25, 0.3) is 0 Å². The number of ether oxygens (including phenoxy) is 1. The van der Waals surface area contributed by atoms with Crippen LogP contribution in [0.15, 0.2) is 53.8 Å². The number of benzene rings is 2. The Morgan fingerprint density at radius 3 is 2.60 bits per heavy atom. The van der Waals surface area contributed by atoms with E-state index in [4.69, 9.17) is 27.9 Å². The lowest BCUT2D eigenvalue weighted by atomic mass is 10.1. The van der Waals surface area contributed by atoms with Crippen LogP contribution in [0.4, 0.5) is 11.5 Å². The Bertz CT molecular complexity index is 1030. The molecule has 0 aliphatic carbocycles. The van der Waals surface area contributed by atoms with Crippen molar-refractivity contribution in [3.63, 3.8) is 0 Å². The normalized spacial score (nSPS) is 10.8. The minimum atomic E-state index is -0.0928. The van der Waals surface area contributed by atoms with Crippen LogP contribution in [0, 0.1) is 0 Å². The van der Waals surface area contributed by atoms with Crippen molar-refractivity contribution in [1.82, 2.24) is 9.97 Å². The highest BCUT2D eigenvalue weighted by molar-refractivity contribution is 8.00. The molecule has 0 amide bonds. The molecule has 3 aromatic rings. The van der Waals surface area contributed by atoms with Crippen LogP contribution in [0.25, 0.3) is 12.2 Å². The summed E-state index contributed by atoms with van der Waals surface area (Å²) in [5.74, 6) is 1.05. The second-order valence-electron chi connectivity index (χ2n) is 5.89. The van der Waals surface area contributed by atoms with Crippen molar-refractivity contribution in [2.75, 3.05) is 23.7 Å². The maximum Gasteiger partial charge on any atom is 0.157 e. The van der Waals surface area contributed by atoms with Gasteiger partial charge in [-0.05, 0) is 29.6 Å². The molecule has 6 nitrogen and oxygen atoms in total. The van der Waals surface area contributed by atoms with E-state index in [9.17, 15) is 4.79 Å². The molecule has 9 heteroatoms. The lowest BCUT2D eigenvalue weighted by Gasteiger charge is -2.14. The second kappa shape index (κ2) is 10.9. The lowest BCUT2D eigenvalue weighted by molar-refractivity contribution is -0.109. The fraction of sp³-hybridized carbons (Fsp3) is 0.0952. The lowest BCUT2D eigenvalue weighted by Crippen LogP contribution is -2.01. The molecule has 30 heavy (non-hydrogen) atoms. The molecule has 1 aromatic heterocycles. The summed E-state index contributed by atoms with van der Waals surface area (Å²) in [5, 5.41) is 3.68. The Kier molecular flexibility index (Phi) is 7.96. The average molecular weight is 461 g/mol. The van der Waals surface area contributed by atoms with E-state index in [1.54, 1.807) is 31.7 Å². The zero-order valence-electron chi connectivity index (χ0n) is 15.9. The minimum absolute atomic E-state index is 0.0928. The first-order chi connectivity index (χ1) is 14.6. The topological polar surface area (TPSA) is 76.1 Å². The number of nitrogens with one attached hydrogen (secondary N) is 2. The van der Waals surface area contributed by atoms with Gasteiger partial charge in [0.1, 0.15) is 17.4 Å². The summed E-state index contributed by atoms with van der Waals surface area (Å²) < 4.78 is 8.47. The van der Waals surface area contributed by atoms with Crippen molar-refractivity contribution >= 4 is 65.1 Å². The molecule has 0 atom stereocenters. The summed E-state index contributed by atoms with van der Waals surface area (Å²) in [6, 6.07) is 9.70. The summed E-state index contributed by atoms with van der Waals surface area (Å²) in [7, 11) is 1.77. The van der Waals surface area contributed by atoms with E-state index in [1.165, 1.54) is 11.9 Å². The molecule has 0 aliphatic heterocycles. The van der Waals surface area contributed by atoms with Gasteiger partial charge >= 0.3 is 0 Å². The fourth-order valence-corrected chi connectivity index (χ4v) is 3.57. The molecule has 2 N–H and O–H groups in total. The van der Waals surface area contributed by atoms with Crippen LogP contribution in [0.2, 0.25) is 10.0 Å². The first kappa shape index (κ1) is 22.0. The number of anilines is 2. The summed E-state index contributed by atoms with van der Waals surface area (Å²) in [6.07, 6.45) is 9.39. The second-order valence-corrected chi connectivity index (χ2v) is 7.52. The SMILES string of the molecule is CNc1cc(OCC=O)c(Cl)c(Cl)c1/C=C/c1ccc(SNc2cnccn2)cc1. The van der Waals surface area contributed by atoms with Crippen molar-refractivity contribution in [3.8, 4) is 5.75 Å². The quantitative estimate of drug-likeness (QED) is 0.241. The van der Waals surface area contributed by atoms with Crippen molar-refractivity contribution in [1.29, 1.82) is 0 Å². The van der Waals surface area contributed by atoms with E-state index in [0.29, 0.717) is 22.9 Å². The molecule has 3 rings (SSSR count). The van der Waals surface area contributed by atoms with E-state index < -0.39 is 0 Å². The molecule has 0 radical (unpaired) electrons. The molecule has 0 spiro atoms. The van der Waals surface area contributed by atoms with Crippen LogP contribution in [0.5, 0.6) is 5.75 Å². The van der Waals surface area contributed by atoms with Gasteiger partial charge < -0.3 is 14.8 Å². The first-order valence-electron chi connectivity index (χ1n) is 8.85. The summed E-state index contributed by atoms with van der Waals surface area (Å²) in [4.78, 5) is 19.8. The third-order valence-corrected chi connectivity index (χ3v) is 5.63. The van der Waals surface area contributed by atoms with Gasteiger partial charge in [-0.3, -0.25) is 9.78 Å². The van der Waals surface area contributed by atoms with Gasteiger partial charge in [-0.2, -0.15) is 0 Å². The summed E-state index contributed by atoms with van der Waals surface area (Å²) in [5.41, 5.74) is 2.46. The predicted molar refractivity (Wildman–Crippen MR) is 124 cm³/mol. The molecular formula is C21H18Cl2N4O2S. The molecule has 0 fully saturated rings. The molecule has 0 unspecified atom stereocenters. The summed E-state index contributed by atoms with van der Waals surface area (Å²) >= 11 is 14.2. The van der Waals surface area contributed by atoms with Crippen molar-refractivity contribution in [3.05, 3.63) is 70.1 Å². The molecule has 0 saturated heterocycles. The van der Waals surface area contributed by atoms with Gasteiger partial charge in [-0.15, -0.1) is 0 Å². The molecule has 0 saturated carbocycles. The van der Waals surface area contributed by atoms with E-state index in [-0.39, 0.29) is 11.6 Å². The van der Waals surface area contributed by atoms with Crippen LogP contribution in [0.3, 0.4) is 0 Å². The fourth-order valence-electron chi connectivity index (χ4n) is 2.50.